The van der Waals surface area contributed by atoms with E-state index >= 15 is 0 Å². The molecule has 1 aliphatic heterocycles. The number of anilines is 1. The van der Waals surface area contributed by atoms with Crippen molar-refractivity contribution in [3.63, 3.8) is 0 Å². The van der Waals surface area contributed by atoms with Gasteiger partial charge in [-0.05, 0) is 37.5 Å². The highest BCUT2D eigenvalue weighted by Gasteiger charge is 2.33. The second-order valence-corrected chi connectivity index (χ2v) is 7.00. The summed E-state index contributed by atoms with van der Waals surface area (Å²) in [4.78, 5) is 27.1. The SMILES string of the molecule is COC(=O)C1CCN([C@@H](C(=O)Nc2ccc(C)cc2)c2ccccc2)CC1. The van der Waals surface area contributed by atoms with Gasteiger partial charge >= 0.3 is 5.97 Å². The molecule has 27 heavy (non-hydrogen) atoms. The molecule has 1 atom stereocenters. The van der Waals surface area contributed by atoms with Crippen molar-refractivity contribution in [1.82, 2.24) is 4.90 Å². The van der Waals surface area contributed by atoms with E-state index in [1.165, 1.54) is 7.11 Å². The Balaban J connectivity index is 1.77. The molecule has 142 valence electrons. The molecule has 0 radical (unpaired) electrons. The maximum absolute atomic E-state index is 13.1. The van der Waals surface area contributed by atoms with E-state index in [1.54, 1.807) is 0 Å². The fourth-order valence-corrected chi connectivity index (χ4v) is 3.57. The highest BCUT2D eigenvalue weighted by Crippen LogP contribution is 2.28. The lowest BCUT2D eigenvalue weighted by molar-refractivity contribution is -0.147. The quantitative estimate of drug-likeness (QED) is 0.822. The number of ether oxygens (including phenoxy) is 1. The second kappa shape index (κ2) is 8.82. The lowest BCUT2D eigenvalue weighted by Gasteiger charge is -2.36. The van der Waals surface area contributed by atoms with Gasteiger partial charge in [-0.25, -0.2) is 0 Å². The molecule has 0 aromatic heterocycles. The molecule has 0 bridgehead atoms. The summed E-state index contributed by atoms with van der Waals surface area (Å²) < 4.78 is 4.87. The molecule has 5 nitrogen and oxygen atoms in total. The molecular formula is C22H26N2O3. The van der Waals surface area contributed by atoms with Crippen LogP contribution in [-0.4, -0.2) is 37.0 Å². The first-order valence-electron chi connectivity index (χ1n) is 9.33. The van der Waals surface area contributed by atoms with E-state index in [4.69, 9.17) is 4.74 Å². The largest absolute Gasteiger partial charge is 0.469 e. The maximum atomic E-state index is 13.1. The van der Waals surface area contributed by atoms with Crippen molar-refractivity contribution in [2.75, 3.05) is 25.5 Å². The molecule has 1 fully saturated rings. The molecular weight excluding hydrogens is 340 g/mol. The van der Waals surface area contributed by atoms with Gasteiger partial charge in [-0.3, -0.25) is 14.5 Å². The monoisotopic (exact) mass is 366 g/mol. The van der Waals surface area contributed by atoms with E-state index < -0.39 is 0 Å². The van der Waals surface area contributed by atoms with Crippen LogP contribution in [-0.2, 0) is 14.3 Å². The van der Waals surface area contributed by atoms with Crippen molar-refractivity contribution >= 4 is 17.6 Å². The smallest absolute Gasteiger partial charge is 0.308 e. The molecule has 1 N–H and O–H groups in total. The zero-order valence-corrected chi connectivity index (χ0v) is 15.9. The predicted octanol–water partition coefficient (Wildman–Crippen LogP) is 3.56. The van der Waals surface area contributed by atoms with E-state index in [9.17, 15) is 9.59 Å². The maximum Gasteiger partial charge on any atom is 0.308 e. The number of aryl methyl sites for hydroxylation is 1. The number of carbonyl (C=O) groups is 2. The summed E-state index contributed by atoms with van der Waals surface area (Å²) in [5.74, 6) is -0.292. The number of carbonyl (C=O) groups excluding carboxylic acids is 2. The Morgan fingerprint density at radius 3 is 2.26 bits per heavy atom. The number of methoxy groups -OCH3 is 1. The summed E-state index contributed by atoms with van der Waals surface area (Å²) in [6, 6.07) is 17.2. The van der Waals surface area contributed by atoms with E-state index in [0.29, 0.717) is 25.9 Å². The van der Waals surface area contributed by atoms with Crippen molar-refractivity contribution in [3.8, 4) is 0 Å². The van der Waals surface area contributed by atoms with Crippen LogP contribution in [0.25, 0.3) is 0 Å². The lowest BCUT2D eigenvalue weighted by Crippen LogP contribution is -2.43. The molecule has 2 aromatic rings. The molecule has 1 amide bonds. The van der Waals surface area contributed by atoms with E-state index in [1.807, 2.05) is 61.5 Å². The number of benzene rings is 2. The Morgan fingerprint density at radius 2 is 1.67 bits per heavy atom. The van der Waals surface area contributed by atoms with Crippen LogP contribution in [0, 0.1) is 12.8 Å². The van der Waals surface area contributed by atoms with Gasteiger partial charge in [0.25, 0.3) is 0 Å². The Labute approximate surface area is 160 Å². The second-order valence-electron chi connectivity index (χ2n) is 7.00. The number of nitrogens with zero attached hydrogens (tertiary/aromatic N) is 1. The number of rotatable bonds is 5. The summed E-state index contributed by atoms with van der Waals surface area (Å²) in [6.45, 7) is 3.38. The predicted molar refractivity (Wildman–Crippen MR) is 105 cm³/mol. The number of hydrogen-bond acceptors (Lipinski definition) is 4. The minimum absolute atomic E-state index is 0.0541. The van der Waals surface area contributed by atoms with Gasteiger partial charge in [-0.15, -0.1) is 0 Å². The molecule has 0 saturated carbocycles. The van der Waals surface area contributed by atoms with E-state index in [-0.39, 0.29) is 23.8 Å². The minimum Gasteiger partial charge on any atom is -0.469 e. The first-order chi connectivity index (χ1) is 13.1. The number of likely N-dealkylation sites (tertiary alicyclic amines) is 1. The van der Waals surface area contributed by atoms with Crippen LogP contribution in [0.1, 0.15) is 30.0 Å². The number of amides is 1. The molecule has 5 heteroatoms. The minimum atomic E-state index is -0.383. The first-order valence-corrected chi connectivity index (χ1v) is 9.33. The standard InChI is InChI=1S/C22H26N2O3/c1-16-8-10-19(11-9-16)23-21(25)20(17-6-4-3-5-7-17)24-14-12-18(13-15-24)22(26)27-2/h3-11,18,20H,12-15H2,1-2H3,(H,23,25)/t20-/m1/s1. The third kappa shape index (κ3) is 4.74. The normalized spacial score (nSPS) is 16.5. The zero-order valence-electron chi connectivity index (χ0n) is 15.9. The molecule has 0 unspecified atom stereocenters. The van der Waals surface area contributed by atoms with Gasteiger partial charge in [0.1, 0.15) is 6.04 Å². The van der Waals surface area contributed by atoms with Gasteiger partial charge in [-0.1, -0.05) is 48.0 Å². The van der Waals surface area contributed by atoms with Gasteiger partial charge < -0.3 is 10.1 Å². The third-order valence-electron chi connectivity index (χ3n) is 5.11. The fourth-order valence-electron chi connectivity index (χ4n) is 3.57. The van der Waals surface area contributed by atoms with Gasteiger partial charge in [0.05, 0.1) is 13.0 Å². The fraction of sp³-hybridized carbons (Fsp3) is 0.364. The number of piperidine rings is 1. The van der Waals surface area contributed by atoms with Crippen LogP contribution in [0.3, 0.4) is 0 Å². The van der Waals surface area contributed by atoms with Crippen LogP contribution in [0.2, 0.25) is 0 Å². The Hall–Kier alpha value is -2.66. The van der Waals surface area contributed by atoms with Crippen LogP contribution in [0.5, 0.6) is 0 Å². The van der Waals surface area contributed by atoms with E-state index in [2.05, 4.69) is 10.2 Å². The molecule has 2 aromatic carbocycles. The Morgan fingerprint density at radius 1 is 1.04 bits per heavy atom. The number of hydrogen-bond donors (Lipinski definition) is 1. The van der Waals surface area contributed by atoms with Crippen LogP contribution >= 0.6 is 0 Å². The lowest BCUT2D eigenvalue weighted by atomic mass is 9.94. The highest BCUT2D eigenvalue weighted by molar-refractivity contribution is 5.95. The topological polar surface area (TPSA) is 58.6 Å². The molecule has 0 aliphatic carbocycles. The first kappa shape index (κ1) is 19.1. The van der Waals surface area contributed by atoms with Gasteiger partial charge in [0.15, 0.2) is 0 Å². The highest BCUT2D eigenvalue weighted by atomic mass is 16.5. The van der Waals surface area contributed by atoms with Gasteiger partial charge in [0, 0.05) is 18.8 Å². The molecule has 1 aliphatic rings. The summed E-state index contributed by atoms with van der Waals surface area (Å²) in [6.07, 6.45) is 1.40. The number of nitrogens with one attached hydrogen (secondary N) is 1. The summed E-state index contributed by atoms with van der Waals surface area (Å²) in [5, 5.41) is 3.04. The van der Waals surface area contributed by atoms with Gasteiger partial charge in [0.2, 0.25) is 5.91 Å². The van der Waals surface area contributed by atoms with Crippen molar-refractivity contribution in [2.24, 2.45) is 5.92 Å². The summed E-state index contributed by atoms with van der Waals surface area (Å²) in [7, 11) is 1.43. The molecule has 0 spiro atoms. The van der Waals surface area contributed by atoms with Crippen molar-refractivity contribution in [3.05, 3.63) is 65.7 Å². The third-order valence-corrected chi connectivity index (χ3v) is 5.11. The van der Waals surface area contributed by atoms with Crippen molar-refractivity contribution < 1.29 is 14.3 Å². The Bertz CT molecular complexity index is 766. The van der Waals surface area contributed by atoms with Crippen LogP contribution < -0.4 is 5.32 Å². The van der Waals surface area contributed by atoms with E-state index in [0.717, 1.165) is 16.8 Å². The van der Waals surface area contributed by atoms with Crippen molar-refractivity contribution in [1.29, 1.82) is 0 Å². The molecule has 1 heterocycles. The zero-order chi connectivity index (χ0) is 19.2. The Kier molecular flexibility index (Phi) is 6.24. The van der Waals surface area contributed by atoms with Crippen LogP contribution in [0.4, 0.5) is 5.69 Å². The van der Waals surface area contributed by atoms with Gasteiger partial charge in [-0.2, -0.15) is 0 Å². The molecule has 3 rings (SSSR count). The average Bonchev–Trinajstić information content (AvgIpc) is 2.71. The van der Waals surface area contributed by atoms with Crippen molar-refractivity contribution in [2.45, 2.75) is 25.8 Å². The molecule has 1 saturated heterocycles. The summed E-state index contributed by atoms with van der Waals surface area (Å²) >= 11 is 0. The summed E-state index contributed by atoms with van der Waals surface area (Å²) in [5.41, 5.74) is 2.90. The van der Waals surface area contributed by atoms with Crippen LogP contribution in [0.15, 0.2) is 54.6 Å². The average molecular weight is 366 g/mol. The number of esters is 1.